The van der Waals surface area contributed by atoms with Crippen LogP contribution in [0.1, 0.15) is 13.8 Å². The second-order valence-corrected chi connectivity index (χ2v) is 4.07. The van der Waals surface area contributed by atoms with Crippen LogP contribution in [-0.4, -0.2) is 46.1 Å². The van der Waals surface area contributed by atoms with Gasteiger partial charge in [-0.15, -0.1) is 0 Å². The highest BCUT2D eigenvalue weighted by atomic mass is 16.2. The molecular formula is C11H18N4O2. The fourth-order valence-electron chi connectivity index (χ4n) is 1.38. The van der Waals surface area contributed by atoms with Crippen LogP contribution in [0.2, 0.25) is 0 Å². The zero-order valence-corrected chi connectivity index (χ0v) is 10.4. The van der Waals surface area contributed by atoms with Crippen molar-refractivity contribution in [2.24, 2.45) is 0 Å². The minimum Gasteiger partial charge on any atom is -0.350 e. The van der Waals surface area contributed by atoms with Gasteiger partial charge in [-0.05, 0) is 13.0 Å². The monoisotopic (exact) mass is 238 g/mol. The van der Waals surface area contributed by atoms with Gasteiger partial charge in [0.05, 0.1) is 13.1 Å². The number of nitrogens with one attached hydrogen (secondary N) is 1. The smallest absolute Gasteiger partial charge is 0.239 e. The van der Waals surface area contributed by atoms with Gasteiger partial charge in [-0.1, -0.05) is 0 Å². The Morgan fingerprint density at radius 2 is 2.24 bits per heavy atom. The van der Waals surface area contributed by atoms with Crippen molar-refractivity contribution in [3.05, 3.63) is 18.5 Å². The first-order valence-electron chi connectivity index (χ1n) is 5.47. The lowest BCUT2D eigenvalue weighted by atomic mass is 10.3. The van der Waals surface area contributed by atoms with E-state index in [-0.39, 0.29) is 24.4 Å². The third kappa shape index (κ3) is 4.67. The second-order valence-electron chi connectivity index (χ2n) is 4.07. The number of hydrogen-bond donors (Lipinski definition) is 1. The topological polar surface area (TPSA) is 67.2 Å². The lowest BCUT2D eigenvalue weighted by Crippen LogP contribution is -2.42. The number of nitrogens with zero attached hydrogens (tertiary/aromatic N) is 3. The van der Waals surface area contributed by atoms with E-state index >= 15 is 0 Å². The van der Waals surface area contributed by atoms with Crippen molar-refractivity contribution in [2.45, 2.75) is 26.4 Å². The maximum atomic E-state index is 11.6. The summed E-state index contributed by atoms with van der Waals surface area (Å²) in [5, 5.41) is 6.86. The first-order valence-corrected chi connectivity index (χ1v) is 5.47. The molecule has 1 atom stereocenters. The molecule has 1 heterocycles. The Bertz CT molecular complexity index is 375. The van der Waals surface area contributed by atoms with Crippen molar-refractivity contribution >= 4 is 11.8 Å². The van der Waals surface area contributed by atoms with Crippen molar-refractivity contribution in [1.82, 2.24) is 20.0 Å². The molecule has 1 unspecified atom stereocenters. The summed E-state index contributed by atoms with van der Waals surface area (Å²) in [7, 11) is 1.60. The van der Waals surface area contributed by atoms with Crippen LogP contribution in [0.4, 0.5) is 0 Å². The van der Waals surface area contributed by atoms with E-state index in [0.29, 0.717) is 6.54 Å². The second kappa shape index (κ2) is 6.03. The van der Waals surface area contributed by atoms with Gasteiger partial charge in [0.25, 0.3) is 0 Å². The zero-order chi connectivity index (χ0) is 12.8. The highest BCUT2D eigenvalue weighted by Crippen LogP contribution is 1.91. The summed E-state index contributed by atoms with van der Waals surface area (Å²) in [4.78, 5) is 23.9. The number of hydrogen-bond acceptors (Lipinski definition) is 3. The van der Waals surface area contributed by atoms with Crippen molar-refractivity contribution in [1.29, 1.82) is 0 Å². The molecule has 6 nitrogen and oxygen atoms in total. The molecule has 0 saturated carbocycles. The quantitative estimate of drug-likeness (QED) is 0.776. The van der Waals surface area contributed by atoms with E-state index in [2.05, 4.69) is 10.4 Å². The van der Waals surface area contributed by atoms with Crippen LogP contribution in [-0.2, 0) is 16.1 Å². The third-order valence-corrected chi connectivity index (χ3v) is 2.35. The van der Waals surface area contributed by atoms with E-state index in [1.807, 2.05) is 19.2 Å². The Hall–Kier alpha value is -1.85. The molecule has 0 radical (unpaired) electrons. The summed E-state index contributed by atoms with van der Waals surface area (Å²) in [5.74, 6) is -0.290. The van der Waals surface area contributed by atoms with Gasteiger partial charge in [0.2, 0.25) is 11.8 Å². The lowest BCUT2D eigenvalue weighted by Gasteiger charge is -2.18. The Labute approximate surface area is 101 Å². The normalized spacial score (nSPS) is 11.9. The molecular weight excluding hydrogens is 220 g/mol. The minimum absolute atomic E-state index is 0.0252. The molecule has 0 saturated heterocycles. The number of rotatable bonds is 5. The Balaban J connectivity index is 2.33. The van der Waals surface area contributed by atoms with E-state index in [0.717, 1.165) is 0 Å². The molecule has 0 aliphatic heterocycles. The Kier molecular flexibility index (Phi) is 4.68. The molecule has 1 N–H and O–H groups in total. The summed E-state index contributed by atoms with van der Waals surface area (Å²) in [6, 6.07) is 1.81. The summed E-state index contributed by atoms with van der Waals surface area (Å²) in [6.07, 6.45) is 3.53. The average molecular weight is 238 g/mol. The summed E-state index contributed by atoms with van der Waals surface area (Å²) >= 11 is 0. The van der Waals surface area contributed by atoms with Crippen molar-refractivity contribution in [3.63, 3.8) is 0 Å². The molecule has 0 fully saturated rings. The number of likely N-dealkylation sites (N-methyl/N-ethyl adjacent to an activating group) is 1. The molecule has 1 rings (SSSR count). The van der Waals surface area contributed by atoms with Crippen LogP contribution in [0.15, 0.2) is 18.5 Å². The van der Waals surface area contributed by atoms with Crippen LogP contribution in [0.25, 0.3) is 0 Å². The molecule has 0 aliphatic carbocycles. The number of aromatic nitrogens is 2. The van der Waals surface area contributed by atoms with Gasteiger partial charge in [-0.3, -0.25) is 14.3 Å². The van der Waals surface area contributed by atoms with Gasteiger partial charge in [0.1, 0.15) is 0 Å². The fraction of sp³-hybridized carbons (Fsp3) is 0.545. The molecule has 1 aromatic rings. The molecule has 6 heteroatoms. The molecule has 0 bridgehead atoms. The lowest BCUT2D eigenvalue weighted by molar-refractivity contribution is -0.133. The van der Waals surface area contributed by atoms with E-state index in [1.165, 1.54) is 11.8 Å². The number of carbonyl (C=O) groups is 2. The molecule has 17 heavy (non-hydrogen) atoms. The first kappa shape index (κ1) is 13.2. The molecule has 0 aromatic carbocycles. The van der Waals surface area contributed by atoms with E-state index in [1.54, 1.807) is 17.9 Å². The van der Waals surface area contributed by atoms with Crippen LogP contribution < -0.4 is 5.32 Å². The van der Waals surface area contributed by atoms with Crippen LogP contribution >= 0.6 is 0 Å². The van der Waals surface area contributed by atoms with Gasteiger partial charge >= 0.3 is 0 Å². The zero-order valence-electron chi connectivity index (χ0n) is 10.4. The molecule has 0 aliphatic rings. The van der Waals surface area contributed by atoms with Crippen LogP contribution in [0.5, 0.6) is 0 Å². The number of carbonyl (C=O) groups excluding carboxylic acids is 2. The molecule has 2 amide bonds. The highest BCUT2D eigenvalue weighted by molar-refractivity contribution is 5.83. The Morgan fingerprint density at radius 3 is 2.76 bits per heavy atom. The van der Waals surface area contributed by atoms with Crippen molar-refractivity contribution in [3.8, 4) is 0 Å². The van der Waals surface area contributed by atoms with Gasteiger partial charge < -0.3 is 10.2 Å². The largest absolute Gasteiger partial charge is 0.350 e. The van der Waals surface area contributed by atoms with Crippen molar-refractivity contribution in [2.75, 3.05) is 13.6 Å². The maximum absolute atomic E-state index is 11.6. The predicted octanol–water partition coefficient (Wildman–Crippen LogP) is -0.134. The predicted molar refractivity (Wildman–Crippen MR) is 63.1 cm³/mol. The third-order valence-electron chi connectivity index (χ3n) is 2.35. The molecule has 94 valence electrons. The molecule has 0 spiro atoms. The van der Waals surface area contributed by atoms with Gasteiger partial charge in [0, 0.05) is 32.4 Å². The summed E-state index contributed by atoms with van der Waals surface area (Å²) in [6.45, 7) is 4.02. The average Bonchev–Trinajstić information content (AvgIpc) is 2.69. The molecule has 1 aromatic heterocycles. The van der Waals surface area contributed by atoms with Crippen LogP contribution in [0.3, 0.4) is 0 Å². The summed E-state index contributed by atoms with van der Waals surface area (Å²) in [5.41, 5.74) is 0. The first-order chi connectivity index (χ1) is 7.99. The van der Waals surface area contributed by atoms with Gasteiger partial charge in [-0.2, -0.15) is 5.10 Å². The van der Waals surface area contributed by atoms with Crippen molar-refractivity contribution < 1.29 is 9.59 Å². The van der Waals surface area contributed by atoms with E-state index < -0.39 is 0 Å². The van der Waals surface area contributed by atoms with Gasteiger partial charge in [-0.25, -0.2) is 0 Å². The van der Waals surface area contributed by atoms with Gasteiger partial charge in [0.15, 0.2) is 0 Å². The van der Waals surface area contributed by atoms with E-state index in [9.17, 15) is 9.59 Å². The summed E-state index contributed by atoms with van der Waals surface area (Å²) < 4.78 is 1.75. The standard InChI is InChI=1S/C11H18N4O2/c1-9(7-15-6-4-5-12-15)13-11(17)8-14(3)10(2)16/h4-6,9H,7-8H2,1-3H3,(H,13,17). The SMILES string of the molecule is CC(=O)N(C)CC(=O)NC(C)Cn1cccn1. The van der Waals surface area contributed by atoms with E-state index in [4.69, 9.17) is 0 Å². The Morgan fingerprint density at radius 1 is 1.53 bits per heavy atom. The fourth-order valence-corrected chi connectivity index (χ4v) is 1.38. The minimum atomic E-state index is -0.164. The maximum Gasteiger partial charge on any atom is 0.239 e. The number of amides is 2. The highest BCUT2D eigenvalue weighted by Gasteiger charge is 2.11. The van der Waals surface area contributed by atoms with Crippen LogP contribution in [0, 0.1) is 0 Å².